The maximum Gasteiger partial charge on any atom is 0.224 e. The normalized spacial score (nSPS) is 21.8. The highest BCUT2D eigenvalue weighted by atomic mass is 35.5. The summed E-state index contributed by atoms with van der Waals surface area (Å²) < 4.78 is 13.7. The molecule has 1 aliphatic rings. The number of hydrogen-bond donors (Lipinski definition) is 1. The van der Waals surface area contributed by atoms with E-state index in [1.54, 1.807) is 12.1 Å². The van der Waals surface area contributed by atoms with Crippen LogP contribution >= 0.6 is 11.6 Å². The van der Waals surface area contributed by atoms with E-state index < -0.39 is 5.82 Å². The molecule has 1 fully saturated rings. The second-order valence-corrected chi connectivity index (χ2v) is 5.59. The van der Waals surface area contributed by atoms with Crippen LogP contribution in [0, 0.1) is 17.7 Å². The van der Waals surface area contributed by atoms with Crippen LogP contribution in [-0.2, 0) is 16.1 Å². The second kappa shape index (κ2) is 6.35. The second-order valence-electron chi connectivity index (χ2n) is 5.19. The summed E-state index contributed by atoms with van der Waals surface area (Å²) in [4.78, 5) is 23.6. The summed E-state index contributed by atoms with van der Waals surface area (Å²) in [5.74, 6) is -1.11. The number of amides is 1. The third kappa shape index (κ3) is 3.18. The molecule has 20 heavy (non-hydrogen) atoms. The van der Waals surface area contributed by atoms with E-state index in [4.69, 9.17) is 11.6 Å². The molecule has 3 nitrogen and oxygen atoms in total. The molecule has 0 spiro atoms. The topological polar surface area (TPSA) is 46.2 Å². The molecule has 0 unspecified atom stereocenters. The summed E-state index contributed by atoms with van der Waals surface area (Å²) >= 11 is 5.69. The molecule has 0 saturated heterocycles. The van der Waals surface area contributed by atoms with Crippen molar-refractivity contribution in [1.29, 1.82) is 0 Å². The Hall–Kier alpha value is -1.42. The van der Waals surface area contributed by atoms with E-state index in [0.29, 0.717) is 12.0 Å². The van der Waals surface area contributed by atoms with E-state index in [9.17, 15) is 14.0 Å². The lowest BCUT2D eigenvalue weighted by molar-refractivity contribution is -0.131. The van der Waals surface area contributed by atoms with Gasteiger partial charge in [0.2, 0.25) is 5.91 Å². The van der Waals surface area contributed by atoms with Gasteiger partial charge in [0.25, 0.3) is 0 Å². The van der Waals surface area contributed by atoms with Gasteiger partial charge in [0.05, 0.1) is 5.02 Å². The van der Waals surface area contributed by atoms with E-state index in [1.165, 1.54) is 13.0 Å². The van der Waals surface area contributed by atoms with Gasteiger partial charge < -0.3 is 5.32 Å². The van der Waals surface area contributed by atoms with Crippen molar-refractivity contribution in [3.63, 3.8) is 0 Å². The summed E-state index contributed by atoms with van der Waals surface area (Å²) in [6.45, 7) is 1.61. The predicted molar refractivity (Wildman–Crippen MR) is 74.8 cm³/mol. The third-order valence-electron chi connectivity index (χ3n) is 3.86. The lowest BCUT2D eigenvalue weighted by atomic mass is 9.92. The largest absolute Gasteiger partial charge is 0.352 e. The summed E-state index contributed by atoms with van der Waals surface area (Å²) in [7, 11) is 0. The highest BCUT2D eigenvalue weighted by molar-refractivity contribution is 6.30. The van der Waals surface area contributed by atoms with Gasteiger partial charge in [-0.05, 0) is 25.8 Å². The van der Waals surface area contributed by atoms with Crippen LogP contribution in [0.5, 0.6) is 0 Å². The number of halogens is 2. The minimum atomic E-state index is -0.510. The van der Waals surface area contributed by atoms with E-state index in [2.05, 4.69) is 5.32 Å². The van der Waals surface area contributed by atoms with Gasteiger partial charge in [-0.25, -0.2) is 4.39 Å². The molecule has 0 radical (unpaired) electrons. The number of ketones is 1. The number of carbonyl (C=O) groups excluding carboxylic acids is 2. The van der Waals surface area contributed by atoms with Crippen LogP contribution in [0.2, 0.25) is 5.02 Å². The van der Waals surface area contributed by atoms with Crippen molar-refractivity contribution in [2.24, 2.45) is 11.8 Å². The molecule has 0 bridgehead atoms. The van der Waals surface area contributed by atoms with E-state index in [1.807, 2.05) is 0 Å². The smallest absolute Gasteiger partial charge is 0.224 e. The predicted octanol–water partition coefficient (Wildman–Crippen LogP) is 3.10. The number of hydrogen-bond acceptors (Lipinski definition) is 2. The number of carbonyl (C=O) groups is 2. The van der Waals surface area contributed by atoms with Gasteiger partial charge in [-0.2, -0.15) is 0 Å². The monoisotopic (exact) mass is 297 g/mol. The average Bonchev–Trinajstić information content (AvgIpc) is 2.89. The van der Waals surface area contributed by atoms with Crippen LogP contribution in [0.1, 0.15) is 31.7 Å². The molecule has 1 amide bonds. The minimum absolute atomic E-state index is 0.0410. The van der Waals surface area contributed by atoms with Crippen molar-refractivity contribution >= 4 is 23.3 Å². The molecular weight excluding hydrogens is 281 g/mol. The van der Waals surface area contributed by atoms with Crippen LogP contribution in [-0.4, -0.2) is 11.7 Å². The van der Waals surface area contributed by atoms with Gasteiger partial charge in [0, 0.05) is 23.9 Å². The summed E-state index contributed by atoms with van der Waals surface area (Å²) in [6, 6.07) is 4.68. The molecule has 0 aromatic heterocycles. The fourth-order valence-corrected chi connectivity index (χ4v) is 2.95. The van der Waals surface area contributed by atoms with Gasteiger partial charge in [-0.3, -0.25) is 9.59 Å². The zero-order valence-corrected chi connectivity index (χ0v) is 12.0. The molecule has 2 atom stereocenters. The molecule has 2 rings (SSSR count). The van der Waals surface area contributed by atoms with Gasteiger partial charge >= 0.3 is 0 Å². The Morgan fingerprint density at radius 2 is 2.05 bits per heavy atom. The highest BCUT2D eigenvalue weighted by Crippen LogP contribution is 2.32. The van der Waals surface area contributed by atoms with Crippen molar-refractivity contribution in [3.05, 3.63) is 34.6 Å². The molecule has 0 heterocycles. The van der Waals surface area contributed by atoms with Gasteiger partial charge in [-0.15, -0.1) is 0 Å². The number of benzene rings is 1. The van der Waals surface area contributed by atoms with Crippen LogP contribution in [0.4, 0.5) is 4.39 Å². The Kier molecular flexibility index (Phi) is 4.76. The molecule has 1 aliphatic carbocycles. The number of nitrogens with one attached hydrogen (secondary N) is 1. The van der Waals surface area contributed by atoms with E-state index in [-0.39, 0.29) is 35.1 Å². The summed E-state index contributed by atoms with van der Waals surface area (Å²) in [5, 5.41) is 2.74. The van der Waals surface area contributed by atoms with E-state index in [0.717, 1.165) is 12.8 Å². The van der Waals surface area contributed by atoms with Crippen molar-refractivity contribution in [3.8, 4) is 0 Å². The molecule has 1 aromatic carbocycles. The lowest BCUT2D eigenvalue weighted by Gasteiger charge is -2.16. The highest BCUT2D eigenvalue weighted by Gasteiger charge is 2.35. The van der Waals surface area contributed by atoms with Crippen LogP contribution in [0.25, 0.3) is 0 Å². The Morgan fingerprint density at radius 1 is 1.35 bits per heavy atom. The quantitative estimate of drug-likeness (QED) is 0.928. The van der Waals surface area contributed by atoms with Crippen LogP contribution in [0.15, 0.2) is 18.2 Å². The fraction of sp³-hybridized carbons (Fsp3) is 0.467. The molecule has 1 N–H and O–H groups in total. The van der Waals surface area contributed by atoms with Crippen molar-refractivity contribution in [1.82, 2.24) is 5.32 Å². The Bertz CT molecular complexity index is 533. The maximum atomic E-state index is 13.7. The van der Waals surface area contributed by atoms with Crippen molar-refractivity contribution in [2.45, 2.75) is 32.7 Å². The molecule has 0 aliphatic heterocycles. The zero-order chi connectivity index (χ0) is 14.7. The standard InChI is InChI=1S/C15H17ClFNO2/c1-9(19)11-5-3-6-12(11)15(20)18-8-10-4-2-7-13(16)14(10)17/h2,4,7,11-12H,3,5-6,8H2,1H3,(H,18,20)/t11-,12+/m0/s1. The lowest BCUT2D eigenvalue weighted by Crippen LogP contribution is -2.34. The summed E-state index contributed by atoms with van der Waals surface area (Å²) in [6.07, 6.45) is 2.36. The minimum Gasteiger partial charge on any atom is -0.352 e. The third-order valence-corrected chi connectivity index (χ3v) is 4.15. The maximum absolute atomic E-state index is 13.7. The first kappa shape index (κ1) is 15.0. The molecule has 1 saturated carbocycles. The Balaban J connectivity index is 1.98. The molecular formula is C15H17ClFNO2. The number of rotatable bonds is 4. The molecule has 108 valence electrons. The average molecular weight is 298 g/mol. The van der Waals surface area contributed by atoms with Gasteiger partial charge in [0.1, 0.15) is 11.6 Å². The zero-order valence-electron chi connectivity index (χ0n) is 11.3. The van der Waals surface area contributed by atoms with Crippen molar-refractivity contribution in [2.75, 3.05) is 0 Å². The van der Waals surface area contributed by atoms with Gasteiger partial charge in [0.15, 0.2) is 0 Å². The van der Waals surface area contributed by atoms with Crippen LogP contribution in [0.3, 0.4) is 0 Å². The van der Waals surface area contributed by atoms with Crippen molar-refractivity contribution < 1.29 is 14.0 Å². The summed E-state index contributed by atoms with van der Waals surface area (Å²) in [5.41, 5.74) is 0.350. The van der Waals surface area contributed by atoms with Gasteiger partial charge in [-0.1, -0.05) is 30.2 Å². The van der Waals surface area contributed by atoms with E-state index >= 15 is 0 Å². The SMILES string of the molecule is CC(=O)[C@@H]1CCC[C@H]1C(=O)NCc1cccc(Cl)c1F. The fourth-order valence-electron chi connectivity index (χ4n) is 2.76. The van der Waals surface area contributed by atoms with Crippen LogP contribution < -0.4 is 5.32 Å². The first-order chi connectivity index (χ1) is 9.50. The first-order valence-corrected chi connectivity index (χ1v) is 7.09. The molecule has 1 aromatic rings. The Morgan fingerprint density at radius 3 is 2.75 bits per heavy atom. The molecule has 5 heteroatoms. The number of Topliss-reactive ketones (excluding diaryl/α,β-unsaturated/α-hetero) is 1. The Labute approximate surface area is 122 Å². The first-order valence-electron chi connectivity index (χ1n) is 6.71.